The highest BCUT2D eigenvalue weighted by molar-refractivity contribution is 7.84. The van der Waals surface area contributed by atoms with Crippen LogP contribution >= 0.6 is 11.6 Å². The molecule has 1 aromatic rings. The van der Waals surface area contributed by atoms with Crippen molar-refractivity contribution >= 4 is 28.1 Å². The van der Waals surface area contributed by atoms with Gasteiger partial charge in [-0.3, -0.25) is 14.3 Å². The van der Waals surface area contributed by atoms with Gasteiger partial charge in [0.25, 0.3) is 5.69 Å². The first-order valence-electron chi connectivity index (χ1n) is 4.94. The van der Waals surface area contributed by atoms with E-state index in [1.165, 1.54) is 12.1 Å². The molecule has 0 aliphatic heterocycles. The van der Waals surface area contributed by atoms with Crippen LogP contribution in [0.2, 0.25) is 5.02 Å². The summed E-state index contributed by atoms with van der Waals surface area (Å²) < 4.78 is 10.8. The SMILES string of the molecule is CS(=O)CCNCc1ccc([N+](=O)[O-])cc1Cl. The number of non-ortho nitro benzene ring substituents is 1. The van der Waals surface area contributed by atoms with E-state index in [0.29, 0.717) is 23.9 Å². The molecular weight excluding hydrogens is 264 g/mol. The number of nitro benzene ring substituents is 1. The van der Waals surface area contributed by atoms with Crippen LogP contribution < -0.4 is 5.32 Å². The third kappa shape index (κ3) is 4.80. The summed E-state index contributed by atoms with van der Waals surface area (Å²) in [5, 5.41) is 13.9. The van der Waals surface area contributed by atoms with Gasteiger partial charge >= 0.3 is 0 Å². The van der Waals surface area contributed by atoms with Crippen LogP contribution in [0.4, 0.5) is 5.69 Å². The van der Waals surface area contributed by atoms with Gasteiger partial charge in [-0.1, -0.05) is 11.6 Å². The molecule has 94 valence electrons. The zero-order valence-electron chi connectivity index (χ0n) is 9.31. The van der Waals surface area contributed by atoms with Crippen molar-refractivity contribution < 1.29 is 9.13 Å². The number of hydrogen-bond acceptors (Lipinski definition) is 4. The Balaban J connectivity index is 2.54. The highest BCUT2D eigenvalue weighted by Gasteiger charge is 2.08. The largest absolute Gasteiger partial charge is 0.312 e. The van der Waals surface area contributed by atoms with Gasteiger partial charge in [-0.05, 0) is 11.6 Å². The highest BCUT2D eigenvalue weighted by Crippen LogP contribution is 2.22. The maximum atomic E-state index is 10.8. The Hall–Kier alpha value is -0.980. The predicted octanol–water partition coefficient (Wildman–Crippen LogP) is 1.72. The molecule has 1 atom stereocenters. The fraction of sp³-hybridized carbons (Fsp3) is 0.400. The van der Waals surface area contributed by atoms with Gasteiger partial charge in [0.05, 0.1) is 9.95 Å². The van der Waals surface area contributed by atoms with Crippen molar-refractivity contribution in [3.8, 4) is 0 Å². The van der Waals surface area contributed by atoms with Crippen LogP contribution in [0, 0.1) is 10.1 Å². The van der Waals surface area contributed by atoms with E-state index in [4.69, 9.17) is 11.6 Å². The molecular formula is C10H13ClN2O3S. The van der Waals surface area contributed by atoms with Crippen LogP contribution in [0.25, 0.3) is 0 Å². The van der Waals surface area contributed by atoms with Gasteiger partial charge in [-0.25, -0.2) is 0 Å². The first-order valence-corrected chi connectivity index (χ1v) is 7.05. The number of nitrogens with zero attached hydrogens (tertiary/aromatic N) is 1. The summed E-state index contributed by atoms with van der Waals surface area (Å²) >= 11 is 5.91. The smallest absolute Gasteiger partial charge is 0.270 e. The van der Waals surface area contributed by atoms with Crippen LogP contribution in [0.3, 0.4) is 0 Å². The zero-order valence-corrected chi connectivity index (χ0v) is 10.9. The summed E-state index contributed by atoms with van der Waals surface area (Å²) in [6, 6.07) is 4.37. The molecule has 0 aromatic heterocycles. The summed E-state index contributed by atoms with van der Waals surface area (Å²) in [6.45, 7) is 1.13. The van der Waals surface area contributed by atoms with Crippen LogP contribution in [0.5, 0.6) is 0 Å². The highest BCUT2D eigenvalue weighted by atomic mass is 35.5. The Bertz CT molecular complexity index is 440. The molecule has 5 nitrogen and oxygen atoms in total. The van der Waals surface area contributed by atoms with Gasteiger partial charge in [-0.15, -0.1) is 0 Å². The first kappa shape index (κ1) is 14.1. The quantitative estimate of drug-likeness (QED) is 0.488. The molecule has 0 aliphatic carbocycles. The summed E-state index contributed by atoms with van der Waals surface area (Å²) in [5.74, 6) is 0.574. The predicted molar refractivity (Wildman–Crippen MR) is 68.7 cm³/mol. The third-order valence-electron chi connectivity index (χ3n) is 2.13. The lowest BCUT2D eigenvalue weighted by Crippen LogP contribution is -2.19. The molecule has 0 bridgehead atoms. The lowest BCUT2D eigenvalue weighted by molar-refractivity contribution is -0.384. The topological polar surface area (TPSA) is 72.2 Å². The van der Waals surface area contributed by atoms with Crippen molar-refractivity contribution in [2.24, 2.45) is 0 Å². The molecule has 1 aromatic carbocycles. The second-order valence-corrected chi connectivity index (χ2v) is 5.45. The van der Waals surface area contributed by atoms with E-state index in [1.807, 2.05) is 0 Å². The standard InChI is InChI=1S/C10H13ClN2O3S/c1-17(16)5-4-12-7-8-2-3-9(13(14)15)6-10(8)11/h2-3,6,12H,4-5,7H2,1H3. The summed E-state index contributed by atoms with van der Waals surface area (Å²) in [6.07, 6.45) is 1.64. The van der Waals surface area contributed by atoms with Gasteiger partial charge < -0.3 is 5.32 Å². The molecule has 0 fully saturated rings. The van der Waals surface area contributed by atoms with E-state index >= 15 is 0 Å². The molecule has 0 aliphatic rings. The molecule has 0 heterocycles. The maximum Gasteiger partial charge on any atom is 0.270 e. The Morgan fingerprint density at radius 3 is 2.76 bits per heavy atom. The van der Waals surface area contributed by atoms with Crippen LogP contribution in [0.1, 0.15) is 5.56 Å². The van der Waals surface area contributed by atoms with Crippen molar-refractivity contribution in [1.82, 2.24) is 5.32 Å². The van der Waals surface area contributed by atoms with Crippen LogP contribution in [0.15, 0.2) is 18.2 Å². The van der Waals surface area contributed by atoms with Crippen LogP contribution in [-0.4, -0.2) is 27.7 Å². The van der Waals surface area contributed by atoms with Gasteiger partial charge in [0.2, 0.25) is 0 Å². The number of halogens is 1. The Morgan fingerprint density at radius 1 is 1.53 bits per heavy atom. The summed E-state index contributed by atoms with van der Waals surface area (Å²) in [7, 11) is -0.823. The van der Waals surface area contributed by atoms with Crippen molar-refractivity contribution in [2.75, 3.05) is 18.6 Å². The number of nitro groups is 1. The molecule has 0 radical (unpaired) electrons. The average molecular weight is 277 g/mol. The molecule has 0 spiro atoms. The van der Waals surface area contributed by atoms with Gasteiger partial charge in [0.15, 0.2) is 0 Å². The Morgan fingerprint density at radius 2 is 2.24 bits per heavy atom. The molecule has 17 heavy (non-hydrogen) atoms. The first-order chi connectivity index (χ1) is 8.00. The second kappa shape index (κ2) is 6.68. The van der Waals surface area contributed by atoms with E-state index in [-0.39, 0.29) is 5.69 Å². The summed E-state index contributed by atoms with van der Waals surface area (Å²) in [5.41, 5.74) is 0.771. The van der Waals surface area contributed by atoms with E-state index in [1.54, 1.807) is 12.3 Å². The van der Waals surface area contributed by atoms with Gasteiger partial charge in [-0.2, -0.15) is 0 Å². The molecule has 0 amide bonds. The number of hydrogen-bond donors (Lipinski definition) is 1. The van der Waals surface area contributed by atoms with Crippen molar-refractivity contribution in [1.29, 1.82) is 0 Å². The molecule has 1 unspecified atom stereocenters. The van der Waals surface area contributed by atoms with Crippen molar-refractivity contribution in [2.45, 2.75) is 6.54 Å². The van der Waals surface area contributed by atoms with E-state index in [0.717, 1.165) is 5.56 Å². The second-order valence-electron chi connectivity index (χ2n) is 3.49. The van der Waals surface area contributed by atoms with Crippen LogP contribution in [-0.2, 0) is 17.3 Å². The molecule has 1 rings (SSSR count). The van der Waals surface area contributed by atoms with E-state index < -0.39 is 15.7 Å². The minimum atomic E-state index is -0.823. The number of nitrogens with one attached hydrogen (secondary N) is 1. The number of benzene rings is 1. The zero-order chi connectivity index (χ0) is 12.8. The van der Waals surface area contributed by atoms with Gasteiger partial charge in [0, 0.05) is 48.0 Å². The van der Waals surface area contributed by atoms with Crippen molar-refractivity contribution in [3.05, 3.63) is 38.9 Å². The van der Waals surface area contributed by atoms with Crippen molar-refractivity contribution in [3.63, 3.8) is 0 Å². The minimum Gasteiger partial charge on any atom is -0.312 e. The average Bonchev–Trinajstić information content (AvgIpc) is 2.25. The fourth-order valence-corrected chi connectivity index (χ4v) is 1.91. The molecule has 1 N–H and O–H groups in total. The van der Waals surface area contributed by atoms with E-state index in [2.05, 4.69) is 5.32 Å². The van der Waals surface area contributed by atoms with Gasteiger partial charge in [0.1, 0.15) is 0 Å². The lowest BCUT2D eigenvalue weighted by Gasteiger charge is -2.05. The molecule has 0 saturated carbocycles. The monoisotopic (exact) mass is 276 g/mol. The minimum absolute atomic E-state index is 0.0200. The summed E-state index contributed by atoms with van der Waals surface area (Å²) in [4.78, 5) is 10.0. The normalized spacial score (nSPS) is 12.4. The lowest BCUT2D eigenvalue weighted by atomic mass is 10.2. The third-order valence-corrected chi connectivity index (χ3v) is 3.26. The Labute approximate surface area is 107 Å². The maximum absolute atomic E-state index is 10.8. The number of rotatable bonds is 6. The molecule has 7 heteroatoms. The Kier molecular flexibility index (Phi) is 5.54. The van der Waals surface area contributed by atoms with E-state index in [9.17, 15) is 14.3 Å². The fourth-order valence-electron chi connectivity index (χ4n) is 1.23. The molecule has 0 saturated heterocycles.